The molecule has 2 aromatic rings. The van der Waals surface area contributed by atoms with Crippen molar-refractivity contribution in [1.29, 1.82) is 0 Å². The number of carbonyl (C=O) groups excluding carboxylic acids is 4. The summed E-state index contributed by atoms with van der Waals surface area (Å²) in [5.74, 6) is -1.73. The molecule has 0 spiro atoms. The fourth-order valence-corrected chi connectivity index (χ4v) is 3.46. The van der Waals surface area contributed by atoms with Gasteiger partial charge >= 0.3 is 5.97 Å². The van der Waals surface area contributed by atoms with Crippen LogP contribution >= 0.6 is 0 Å². The van der Waals surface area contributed by atoms with E-state index in [0.29, 0.717) is 35.4 Å². The Morgan fingerprint density at radius 2 is 1.55 bits per heavy atom. The number of hydrogen-bond acceptors (Lipinski definition) is 5. The van der Waals surface area contributed by atoms with Crippen LogP contribution in [0.5, 0.6) is 0 Å². The van der Waals surface area contributed by atoms with E-state index in [1.807, 2.05) is 20.8 Å². The van der Waals surface area contributed by atoms with E-state index in [-0.39, 0.29) is 5.92 Å². The number of imide groups is 1. The van der Waals surface area contributed by atoms with Gasteiger partial charge in [0.05, 0.1) is 23.3 Å². The van der Waals surface area contributed by atoms with Crippen molar-refractivity contribution >= 4 is 29.4 Å². The first-order chi connectivity index (χ1) is 14.8. The zero-order chi connectivity index (χ0) is 22.5. The van der Waals surface area contributed by atoms with Crippen molar-refractivity contribution in [2.75, 3.05) is 11.9 Å². The van der Waals surface area contributed by atoms with Gasteiger partial charge in [0.2, 0.25) is 5.91 Å². The molecule has 1 aliphatic rings. The molecule has 0 aliphatic carbocycles. The fraction of sp³-hybridized carbons (Fsp3) is 0.333. The minimum atomic E-state index is -0.943. The first-order valence-corrected chi connectivity index (χ1v) is 10.4. The molecule has 7 heteroatoms. The van der Waals surface area contributed by atoms with Gasteiger partial charge < -0.3 is 10.1 Å². The van der Waals surface area contributed by atoms with Crippen molar-refractivity contribution in [3.8, 4) is 0 Å². The second-order valence-electron chi connectivity index (χ2n) is 7.87. The van der Waals surface area contributed by atoms with E-state index in [0.717, 1.165) is 11.3 Å². The van der Waals surface area contributed by atoms with Crippen LogP contribution in [0, 0.1) is 5.92 Å². The van der Waals surface area contributed by atoms with Crippen LogP contribution in [0.15, 0.2) is 48.5 Å². The summed E-state index contributed by atoms with van der Waals surface area (Å²) in [5, 5.41) is 2.76. The highest BCUT2D eigenvalue weighted by atomic mass is 16.5. The molecule has 0 fully saturated rings. The lowest BCUT2D eigenvalue weighted by Gasteiger charge is -2.26. The lowest BCUT2D eigenvalue weighted by molar-refractivity contribution is -0.120. The quantitative estimate of drug-likeness (QED) is 0.514. The van der Waals surface area contributed by atoms with Crippen LogP contribution in [0.2, 0.25) is 0 Å². The van der Waals surface area contributed by atoms with E-state index in [2.05, 4.69) is 5.32 Å². The lowest BCUT2D eigenvalue weighted by atomic mass is 10.0. The maximum absolute atomic E-state index is 13.1. The SMILES string of the molecule is CCCOC(=O)c1ccc(NC(=O)[C@@H](CC(C)C)N2C(=O)c3ccccc3C2=O)cc1. The average Bonchev–Trinajstić information content (AvgIpc) is 3.01. The van der Waals surface area contributed by atoms with Gasteiger partial charge in [0, 0.05) is 5.69 Å². The molecule has 0 saturated heterocycles. The number of amides is 3. The number of benzene rings is 2. The monoisotopic (exact) mass is 422 g/mol. The Kier molecular flexibility index (Phi) is 6.84. The zero-order valence-corrected chi connectivity index (χ0v) is 17.9. The molecule has 7 nitrogen and oxygen atoms in total. The number of rotatable bonds is 8. The Morgan fingerprint density at radius 1 is 0.968 bits per heavy atom. The van der Waals surface area contributed by atoms with Crippen molar-refractivity contribution < 1.29 is 23.9 Å². The van der Waals surface area contributed by atoms with Gasteiger partial charge in [-0.2, -0.15) is 0 Å². The summed E-state index contributed by atoms with van der Waals surface area (Å²) < 4.78 is 5.09. The molecule has 3 rings (SSSR count). The van der Waals surface area contributed by atoms with Crippen molar-refractivity contribution in [1.82, 2.24) is 4.90 Å². The molecule has 0 aromatic heterocycles. The zero-order valence-electron chi connectivity index (χ0n) is 17.9. The molecular formula is C24H26N2O5. The predicted molar refractivity (Wildman–Crippen MR) is 116 cm³/mol. The van der Waals surface area contributed by atoms with Gasteiger partial charge in [0.25, 0.3) is 11.8 Å². The van der Waals surface area contributed by atoms with Gasteiger partial charge in [-0.3, -0.25) is 19.3 Å². The van der Waals surface area contributed by atoms with Gasteiger partial charge in [0.15, 0.2) is 0 Å². The topological polar surface area (TPSA) is 92.8 Å². The third-order valence-electron chi connectivity index (χ3n) is 4.96. The lowest BCUT2D eigenvalue weighted by Crippen LogP contribution is -2.47. The molecule has 1 N–H and O–H groups in total. The molecule has 1 atom stereocenters. The van der Waals surface area contributed by atoms with E-state index in [4.69, 9.17) is 4.74 Å². The van der Waals surface area contributed by atoms with E-state index in [1.54, 1.807) is 48.5 Å². The molecule has 2 aromatic carbocycles. The number of ether oxygens (including phenoxy) is 1. The predicted octanol–water partition coefficient (Wildman–Crippen LogP) is 3.90. The molecule has 3 amide bonds. The summed E-state index contributed by atoms with van der Waals surface area (Å²) in [4.78, 5) is 51.8. The summed E-state index contributed by atoms with van der Waals surface area (Å²) in [6, 6.07) is 11.9. The van der Waals surface area contributed by atoms with Crippen molar-refractivity contribution in [3.63, 3.8) is 0 Å². The first kappa shape index (κ1) is 22.2. The summed E-state index contributed by atoms with van der Waals surface area (Å²) in [6.45, 7) is 6.10. The maximum Gasteiger partial charge on any atom is 0.338 e. The molecule has 1 aliphatic heterocycles. The highest BCUT2D eigenvalue weighted by Gasteiger charge is 2.42. The maximum atomic E-state index is 13.1. The van der Waals surface area contributed by atoms with Gasteiger partial charge in [-0.25, -0.2) is 4.79 Å². The Morgan fingerprint density at radius 3 is 2.06 bits per heavy atom. The minimum absolute atomic E-state index is 0.0794. The largest absolute Gasteiger partial charge is 0.462 e. The number of nitrogens with one attached hydrogen (secondary N) is 1. The molecule has 162 valence electrons. The minimum Gasteiger partial charge on any atom is -0.462 e. The normalized spacial score (nSPS) is 13.9. The molecule has 0 bridgehead atoms. The summed E-state index contributed by atoms with van der Waals surface area (Å²) in [7, 11) is 0. The van der Waals surface area contributed by atoms with Crippen LogP contribution in [-0.2, 0) is 9.53 Å². The highest BCUT2D eigenvalue weighted by molar-refractivity contribution is 6.23. The van der Waals surface area contributed by atoms with E-state index in [9.17, 15) is 19.2 Å². The summed E-state index contributed by atoms with van der Waals surface area (Å²) in [5.41, 5.74) is 1.46. The van der Waals surface area contributed by atoms with Crippen LogP contribution in [-0.4, -0.2) is 41.2 Å². The average molecular weight is 422 g/mol. The van der Waals surface area contributed by atoms with Gasteiger partial charge in [-0.1, -0.05) is 32.9 Å². The second kappa shape index (κ2) is 9.55. The van der Waals surface area contributed by atoms with Crippen LogP contribution in [0.4, 0.5) is 5.69 Å². The van der Waals surface area contributed by atoms with E-state index >= 15 is 0 Å². The Bertz CT molecular complexity index is 962. The third kappa shape index (κ3) is 4.82. The standard InChI is InChI=1S/C24H26N2O5/c1-4-13-31-24(30)16-9-11-17(12-10-16)25-21(27)20(14-15(2)3)26-22(28)18-7-5-6-8-19(18)23(26)29/h5-12,15,20H,4,13-14H2,1-3H3,(H,25,27)/t20-/m1/s1. The van der Waals surface area contributed by atoms with Gasteiger partial charge in [-0.05, 0) is 55.2 Å². The highest BCUT2D eigenvalue weighted by Crippen LogP contribution is 2.27. The Labute approximate surface area is 181 Å². The smallest absolute Gasteiger partial charge is 0.338 e. The van der Waals surface area contributed by atoms with Crippen LogP contribution < -0.4 is 5.32 Å². The second-order valence-corrected chi connectivity index (χ2v) is 7.87. The van der Waals surface area contributed by atoms with Crippen LogP contribution in [0.1, 0.15) is 64.7 Å². The van der Waals surface area contributed by atoms with Gasteiger partial charge in [-0.15, -0.1) is 0 Å². The molecule has 0 radical (unpaired) electrons. The first-order valence-electron chi connectivity index (χ1n) is 10.4. The number of fused-ring (bicyclic) bond motifs is 1. The Hall–Kier alpha value is -3.48. The van der Waals surface area contributed by atoms with Crippen LogP contribution in [0.3, 0.4) is 0 Å². The number of anilines is 1. The number of carbonyl (C=O) groups is 4. The summed E-state index contributed by atoms with van der Waals surface area (Å²) >= 11 is 0. The number of nitrogens with zero attached hydrogens (tertiary/aromatic N) is 1. The molecule has 0 unspecified atom stereocenters. The van der Waals surface area contributed by atoms with Crippen LogP contribution in [0.25, 0.3) is 0 Å². The van der Waals surface area contributed by atoms with Crippen molar-refractivity contribution in [2.24, 2.45) is 5.92 Å². The number of esters is 1. The summed E-state index contributed by atoms with van der Waals surface area (Å²) in [6.07, 6.45) is 1.06. The fourth-order valence-electron chi connectivity index (χ4n) is 3.46. The van der Waals surface area contributed by atoms with E-state index < -0.39 is 29.7 Å². The van der Waals surface area contributed by atoms with Gasteiger partial charge in [0.1, 0.15) is 6.04 Å². The van der Waals surface area contributed by atoms with Crippen molar-refractivity contribution in [2.45, 2.75) is 39.7 Å². The molecule has 31 heavy (non-hydrogen) atoms. The molecule has 1 heterocycles. The number of hydrogen-bond donors (Lipinski definition) is 1. The molecule has 0 saturated carbocycles. The third-order valence-corrected chi connectivity index (χ3v) is 4.96. The Balaban J connectivity index is 1.78. The van der Waals surface area contributed by atoms with E-state index in [1.165, 1.54) is 0 Å². The van der Waals surface area contributed by atoms with Crippen molar-refractivity contribution in [3.05, 3.63) is 65.2 Å². The molecular weight excluding hydrogens is 396 g/mol.